The number of benzene rings is 1. The summed E-state index contributed by atoms with van der Waals surface area (Å²) in [7, 11) is 2.15. The molecule has 2 fully saturated rings. The first-order chi connectivity index (χ1) is 13.1. The normalized spacial score (nSPS) is 21.6. The van der Waals surface area contributed by atoms with E-state index in [2.05, 4.69) is 29.1 Å². The summed E-state index contributed by atoms with van der Waals surface area (Å²) in [6.07, 6.45) is 2.50. The van der Waals surface area contributed by atoms with Gasteiger partial charge in [-0.25, -0.2) is 0 Å². The molecule has 1 atom stereocenters. The van der Waals surface area contributed by atoms with Crippen LogP contribution in [0.1, 0.15) is 25.3 Å². The van der Waals surface area contributed by atoms with Gasteiger partial charge in [-0.05, 0) is 50.6 Å². The van der Waals surface area contributed by atoms with Crippen molar-refractivity contribution < 1.29 is 9.59 Å². The summed E-state index contributed by atoms with van der Waals surface area (Å²) < 4.78 is 0. The van der Waals surface area contributed by atoms with E-state index in [1.54, 1.807) is 4.90 Å². The van der Waals surface area contributed by atoms with Crippen LogP contribution in [0.4, 0.5) is 5.69 Å². The van der Waals surface area contributed by atoms with E-state index in [0.717, 1.165) is 51.3 Å². The van der Waals surface area contributed by atoms with Gasteiger partial charge in [-0.1, -0.05) is 19.1 Å². The van der Waals surface area contributed by atoms with Crippen LogP contribution in [-0.2, 0) is 16.0 Å². The van der Waals surface area contributed by atoms with E-state index >= 15 is 0 Å². The molecule has 0 unspecified atom stereocenters. The Bertz CT molecular complexity index is 638. The van der Waals surface area contributed by atoms with Crippen molar-refractivity contribution in [2.75, 3.05) is 57.8 Å². The monoisotopic (exact) mass is 372 g/mol. The van der Waals surface area contributed by atoms with Gasteiger partial charge in [0.05, 0.1) is 0 Å². The molecule has 148 valence electrons. The summed E-state index contributed by atoms with van der Waals surface area (Å²) in [5.74, 6) is -0.735. The number of nitrogens with one attached hydrogen (secondary N) is 1. The number of hydrogen-bond donors (Lipinski definition) is 1. The molecular weight excluding hydrogens is 340 g/mol. The van der Waals surface area contributed by atoms with Crippen LogP contribution < -0.4 is 10.2 Å². The summed E-state index contributed by atoms with van der Waals surface area (Å²) in [4.78, 5) is 31.6. The predicted octanol–water partition coefficient (Wildman–Crippen LogP) is 1.36. The molecule has 2 saturated heterocycles. The first kappa shape index (κ1) is 19.8. The van der Waals surface area contributed by atoms with Crippen molar-refractivity contribution in [1.29, 1.82) is 0 Å². The minimum Gasteiger partial charge on any atom is -0.355 e. The highest BCUT2D eigenvalue weighted by molar-refractivity contribution is 6.09. The first-order valence-electron chi connectivity index (χ1n) is 10.2. The third-order valence-corrected chi connectivity index (χ3v) is 5.72. The van der Waals surface area contributed by atoms with Crippen LogP contribution in [-0.4, -0.2) is 74.5 Å². The molecule has 2 aliphatic rings. The van der Waals surface area contributed by atoms with Gasteiger partial charge in [0.15, 0.2) is 0 Å². The first-order valence-corrected chi connectivity index (χ1v) is 10.2. The lowest BCUT2D eigenvalue weighted by Crippen LogP contribution is -2.45. The van der Waals surface area contributed by atoms with Gasteiger partial charge in [-0.3, -0.25) is 9.59 Å². The van der Waals surface area contributed by atoms with E-state index in [0.29, 0.717) is 19.5 Å². The van der Waals surface area contributed by atoms with Gasteiger partial charge in [-0.15, -0.1) is 0 Å². The highest BCUT2D eigenvalue weighted by atomic mass is 16.2. The Balaban J connectivity index is 1.41. The Kier molecular flexibility index (Phi) is 6.85. The predicted molar refractivity (Wildman–Crippen MR) is 108 cm³/mol. The van der Waals surface area contributed by atoms with E-state index in [9.17, 15) is 9.59 Å². The van der Waals surface area contributed by atoms with Crippen LogP contribution in [0, 0.1) is 5.92 Å². The molecule has 2 heterocycles. The molecular formula is C21H32N4O2. The van der Waals surface area contributed by atoms with Crippen molar-refractivity contribution in [3.63, 3.8) is 0 Å². The molecule has 1 aromatic rings. The number of carbonyl (C=O) groups is 2. The largest absolute Gasteiger partial charge is 0.355 e. The summed E-state index contributed by atoms with van der Waals surface area (Å²) >= 11 is 0. The molecule has 6 nitrogen and oxygen atoms in total. The Morgan fingerprint density at radius 3 is 2.48 bits per heavy atom. The van der Waals surface area contributed by atoms with Gasteiger partial charge in [0, 0.05) is 45.0 Å². The van der Waals surface area contributed by atoms with Crippen LogP contribution in [0.2, 0.25) is 0 Å². The van der Waals surface area contributed by atoms with Gasteiger partial charge in [0.25, 0.3) is 0 Å². The van der Waals surface area contributed by atoms with Crippen LogP contribution in [0.3, 0.4) is 0 Å². The molecule has 0 bridgehead atoms. The molecule has 0 saturated carbocycles. The molecule has 0 aliphatic carbocycles. The lowest BCUT2D eigenvalue weighted by atomic mass is 10.1. The Morgan fingerprint density at radius 1 is 1.11 bits per heavy atom. The average Bonchev–Trinajstić information content (AvgIpc) is 3.08. The topological polar surface area (TPSA) is 55.9 Å². The second kappa shape index (κ2) is 9.33. The maximum Gasteiger partial charge on any atom is 0.239 e. The van der Waals surface area contributed by atoms with Gasteiger partial charge < -0.3 is 20.0 Å². The standard InChI is InChI=1S/C21H32N4O2/c1-3-17-5-7-18(8-6-17)25-12-9-19(21(25)27)20(26)22-10-4-11-24-15-13-23(2)14-16-24/h5-8,19H,3-4,9-16H2,1-2H3,(H,22,26)/t19-/m0/s1. The number of nitrogens with zero attached hydrogens (tertiary/aromatic N) is 3. The minimum atomic E-state index is -0.542. The summed E-state index contributed by atoms with van der Waals surface area (Å²) in [5.41, 5.74) is 2.14. The number of carbonyl (C=O) groups excluding carboxylic acids is 2. The maximum atomic E-state index is 12.7. The smallest absolute Gasteiger partial charge is 0.239 e. The zero-order chi connectivity index (χ0) is 19.2. The number of amides is 2. The highest BCUT2D eigenvalue weighted by Gasteiger charge is 2.37. The number of aryl methyl sites for hydroxylation is 1. The molecule has 2 amide bonds. The zero-order valence-electron chi connectivity index (χ0n) is 16.6. The average molecular weight is 373 g/mol. The molecule has 2 aliphatic heterocycles. The molecule has 0 radical (unpaired) electrons. The number of piperazine rings is 1. The van der Waals surface area contributed by atoms with Crippen molar-refractivity contribution in [2.24, 2.45) is 5.92 Å². The van der Waals surface area contributed by atoms with Crippen molar-refractivity contribution in [3.05, 3.63) is 29.8 Å². The minimum absolute atomic E-state index is 0.0733. The van der Waals surface area contributed by atoms with E-state index in [1.807, 2.05) is 24.3 Å². The summed E-state index contributed by atoms with van der Waals surface area (Å²) in [5, 5.41) is 2.97. The Hall–Kier alpha value is -1.92. The van der Waals surface area contributed by atoms with Crippen LogP contribution in [0.25, 0.3) is 0 Å². The lowest BCUT2D eigenvalue weighted by Gasteiger charge is -2.32. The van der Waals surface area contributed by atoms with Gasteiger partial charge in [0.2, 0.25) is 11.8 Å². The summed E-state index contributed by atoms with van der Waals surface area (Å²) in [6, 6.07) is 8.06. The third-order valence-electron chi connectivity index (χ3n) is 5.72. The van der Waals surface area contributed by atoms with E-state index in [4.69, 9.17) is 0 Å². The highest BCUT2D eigenvalue weighted by Crippen LogP contribution is 2.25. The fraction of sp³-hybridized carbons (Fsp3) is 0.619. The van der Waals surface area contributed by atoms with Crippen LogP contribution in [0.5, 0.6) is 0 Å². The third kappa shape index (κ3) is 5.08. The van der Waals surface area contributed by atoms with E-state index in [-0.39, 0.29) is 11.8 Å². The lowest BCUT2D eigenvalue weighted by molar-refractivity contribution is -0.132. The molecule has 1 aromatic carbocycles. The fourth-order valence-electron chi connectivity index (χ4n) is 3.80. The molecule has 0 spiro atoms. The molecule has 0 aromatic heterocycles. The number of hydrogen-bond acceptors (Lipinski definition) is 4. The van der Waals surface area contributed by atoms with Gasteiger partial charge >= 0.3 is 0 Å². The van der Waals surface area contributed by atoms with Crippen molar-refractivity contribution in [2.45, 2.75) is 26.2 Å². The molecule has 3 rings (SSSR count). The maximum absolute atomic E-state index is 12.7. The van der Waals surface area contributed by atoms with Gasteiger partial charge in [0.1, 0.15) is 5.92 Å². The van der Waals surface area contributed by atoms with Crippen molar-refractivity contribution >= 4 is 17.5 Å². The Labute approximate surface area is 162 Å². The van der Waals surface area contributed by atoms with Crippen LogP contribution in [0.15, 0.2) is 24.3 Å². The van der Waals surface area contributed by atoms with Gasteiger partial charge in [-0.2, -0.15) is 0 Å². The SMILES string of the molecule is CCc1ccc(N2CC[C@@H](C(=O)NCCCN3CCN(C)CC3)C2=O)cc1. The number of likely N-dealkylation sites (N-methyl/N-ethyl adjacent to an activating group) is 1. The van der Waals surface area contributed by atoms with E-state index < -0.39 is 5.92 Å². The quantitative estimate of drug-likeness (QED) is 0.580. The number of anilines is 1. The Morgan fingerprint density at radius 2 is 1.81 bits per heavy atom. The van der Waals surface area contributed by atoms with Crippen molar-refractivity contribution in [3.8, 4) is 0 Å². The summed E-state index contributed by atoms with van der Waals surface area (Å²) in [6.45, 7) is 8.78. The fourth-order valence-corrected chi connectivity index (χ4v) is 3.80. The second-order valence-electron chi connectivity index (χ2n) is 7.64. The second-order valence-corrected chi connectivity index (χ2v) is 7.64. The van der Waals surface area contributed by atoms with Crippen LogP contribution >= 0.6 is 0 Å². The zero-order valence-corrected chi connectivity index (χ0v) is 16.6. The molecule has 27 heavy (non-hydrogen) atoms. The number of rotatable bonds is 7. The van der Waals surface area contributed by atoms with Crippen molar-refractivity contribution in [1.82, 2.24) is 15.1 Å². The molecule has 1 N–H and O–H groups in total. The molecule has 6 heteroatoms. The van der Waals surface area contributed by atoms with E-state index in [1.165, 1.54) is 5.56 Å².